The number of carbonyl (C=O) groups is 1. The second-order valence-corrected chi connectivity index (χ2v) is 3.16. The Morgan fingerprint density at radius 1 is 1.53 bits per heavy atom. The second kappa shape index (κ2) is 5.21. The summed E-state index contributed by atoms with van der Waals surface area (Å²) in [5, 5.41) is 13.8. The summed E-state index contributed by atoms with van der Waals surface area (Å²) < 4.78 is 0. The van der Waals surface area contributed by atoms with Crippen LogP contribution in [0.5, 0.6) is 0 Å². The molecule has 0 aliphatic heterocycles. The summed E-state index contributed by atoms with van der Waals surface area (Å²) in [5.41, 5.74) is 5.54. The molecule has 1 aromatic rings. The first-order valence-electron chi connectivity index (χ1n) is 4.14. The normalized spacial score (nSPS) is 11.1. The van der Waals surface area contributed by atoms with Crippen LogP contribution in [0.4, 0.5) is 0 Å². The van der Waals surface area contributed by atoms with Gasteiger partial charge in [-0.25, -0.2) is 0 Å². The Balaban J connectivity index is 2.66. The topological polar surface area (TPSA) is 87.7 Å². The Kier molecular flexibility index (Phi) is 3.93. The molecule has 0 aromatic heterocycles. The zero-order valence-corrected chi connectivity index (χ0v) is 8.53. The average molecular weight is 228 g/mol. The molecule has 0 atom stereocenters. The van der Waals surface area contributed by atoms with Crippen molar-refractivity contribution in [1.29, 1.82) is 0 Å². The summed E-state index contributed by atoms with van der Waals surface area (Å²) in [6.45, 7) is -0.0272. The highest BCUT2D eigenvalue weighted by atomic mass is 35.5. The van der Waals surface area contributed by atoms with E-state index in [1.165, 1.54) is 0 Å². The number of carbonyl (C=O) groups excluding carboxylic acids is 1. The Morgan fingerprint density at radius 2 is 2.20 bits per heavy atom. The molecule has 0 saturated heterocycles. The van der Waals surface area contributed by atoms with E-state index in [-0.39, 0.29) is 18.3 Å². The lowest BCUT2D eigenvalue weighted by atomic mass is 10.2. The molecule has 0 radical (unpaired) electrons. The van der Waals surface area contributed by atoms with Gasteiger partial charge in [-0.1, -0.05) is 28.9 Å². The van der Waals surface area contributed by atoms with Crippen LogP contribution in [-0.2, 0) is 0 Å². The summed E-state index contributed by atoms with van der Waals surface area (Å²) in [5.74, 6) is -0.442. The third-order valence-electron chi connectivity index (χ3n) is 1.68. The van der Waals surface area contributed by atoms with E-state index in [2.05, 4.69) is 10.5 Å². The van der Waals surface area contributed by atoms with Crippen LogP contribution in [0.25, 0.3) is 0 Å². The number of oxime groups is 1. The molecule has 80 valence electrons. The molecule has 6 heteroatoms. The van der Waals surface area contributed by atoms with Gasteiger partial charge in [0.25, 0.3) is 5.91 Å². The van der Waals surface area contributed by atoms with E-state index >= 15 is 0 Å². The minimum atomic E-state index is -0.368. The number of halogens is 1. The van der Waals surface area contributed by atoms with Crippen LogP contribution >= 0.6 is 11.6 Å². The van der Waals surface area contributed by atoms with Crippen LogP contribution in [0.15, 0.2) is 29.4 Å². The maximum atomic E-state index is 11.5. The van der Waals surface area contributed by atoms with E-state index in [0.29, 0.717) is 10.6 Å². The summed E-state index contributed by atoms with van der Waals surface area (Å²) in [6.07, 6.45) is 0. The highest BCUT2D eigenvalue weighted by Crippen LogP contribution is 2.14. The number of hydrogen-bond donors (Lipinski definition) is 3. The van der Waals surface area contributed by atoms with E-state index in [0.717, 1.165) is 0 Å². The molecule has 0 bridgehead atoms. The lowest BCUT2D eigenvalue weighted by Crippen LogP contribution is -2.33. The lowest BCUT2D eigenvalue weighted by molar-refractivity contribution is 0.0959. The number of nitrogens with one attached hydrogen (secondary N) is 1. The minimum Gasteiger partial charge on any atom is -0.409 e. The van der Waals surface area contributed by atoms with Crippen molar-refractivity contribution in [2.24, 2.45) is 10.9 Å². The molecular formula is C9H10ClN3O2. The average Bonchev–Trinajstić information content (AvgIpc) is 2.26. The van der Waals surface area contributed by atoms with Crippen LogP contribution in [0.1, 0.15) is 10.4 Å². The highest BCUT2D eigenvalue weighted by molar-refractivity contribution is 6.33. The predicted octanol–water partition coefficient (Wildman–Crippen LogP) is 0.816. The number of amidine groups is 1. The van der Waals surface area contributed by atoms with Gasteiger partial charge in [0.1, 0.15) is 0 Å². The molecule has 0 fully saturated rings. The van der Waals surface area contributed by atoms with Crippen molar-refractivity contribution in [3.8, 4) is 0 Å². The van der Waals surface area contributed by atoms with Gasteiger partial charge in [-0.15, -0.1) is 0 Å². The van der Waals surface area contributed by atoms with Crippen molar-refractivity contribution >= 4 is 23.3 Å². The Bertz CT molecular complexity index is 393. The fourth-order valence-corrected chi connectivity index (χ4v) is 1.17. The van der Waals surface area contributed by atoms with Gasteiger partial charge in [-0.05, 0) is 12.1 Å². The predicted molar refractivity (Wildman–Crippen MR) is 57.2 cm³/mol. The van der Waals surface area contributed by atoms with Crippen LogP contribution in [-0.4, -0.2) is 23.5 Å². The molecule has 1 rings (SSSR count). The van der Waals surface area contributed by atoms with Gasteiger partial charge in [0.05, 0.1) is 17.1 Å². The Morgan fingerprint density at radius 3 is 2.80 bits per heavy atom. The molecule has 0 spiro atoms. The zero-order chi connectivity index (χ0) is 11.3. The molecule has 5 nitrogen and oxygen atoms in total. The first-order valence-corrected chi connectivity index (χ1v) is 4.52. The fraction of sp³-hybridized carbons (Fsp3) is 0.111. The van der Waals surface area contributed by atoms with Crippen molar-refractivity contribution in [2.45, 2.75) is 0 Å². The molecular weight excluding hydrogens is 218 g/mol. The number of hydrogen-bond acceptors (Lipinski definition) is 3. The highest BCUT2D eigenvalue weighted by Gasteiger charge is 2.08. The largest absolute Gasteiger partial charge is 0.409 e. The quantitative estimate of drug-likeness (QED) is 0.309. The molecule has 4 N–H and O–H groups in total. The van der Waals surface area contributed by atoms with Crippen LogP contribution in [0.2, 0.25) is 5.02 Å². The summed E-state index contributed by atoms with van der Waals surface area (Å²) in [7, 11) is 0. The van der Waals surface area contributed by atoms with Gasteiger partial charge in [-0.2, -0.15) is 0 Å². The maximum absolute atomic E-state index is 11.5. The van der Waals surface area contributed by atoms with Crippen LogP contribution in [0.3, 0.4) is 0 Å². The second-order valence-electron chi connectivity index (χ2n) is 2.75. The van der Waals surface area contributed by atoms with E-state index < -0.39 is 0 Å². The third kappa shape index (κ3) is 3.14. The molecule has 0 saturated carbocycles. The molecule has 1 amide bonds. The lowest BCUT2D eigenvalue weighted by Gasteiger charge is -2.04. The SMILES string of the molecule is N/C(CNC(=O)c1ccccc1Cl)=N\O. The van der Waals surface area contributed by atoms with E-state index in [4.69, 9.17) is 22.5 Å². The molecule has 15 heavy (non-hydrogen) atoms. The van der Waals surface area contributed by atoms with Crippen molar-refractivity contribution in [1.82, 2.24) is 5.32 Å². The summed E-state index contributed by atoms with van der Waals surface area (Å²) in [6, 6.07) is 6.62. The number of rotatable bonds is 3. The van der Waals surface area contributed by atoms with Crippen molar-refractivity contribution < 1.29 is 10.0 Å². The number of nitrogens with two attached hydrogens (primary N) is 1. The van der Waals surface area contributed by atoms with Crippen molar-refractivity contribution in [2.75, 3.05) is 6.54 Å². The molecule has 1 aromatic carbocycles. The van der Waals surface area contributed by atoms with Gasteiger partial charge in [0.2, 0.25) is 0 Å². The maximum Gasteiger partial charge on any atom is 0.253 e. The van der Waals surface area contributed by atoms with E-state index in [1.54, 1.807) is 24.3 Å². The number of nitrogens with zero attached hydrogens (tertiary/aromatic N) is 1. The Hall–Kier alpha value is -1.75. The van der Waals surface area contributed by atoms with Crippen molar-refractivity contribution in [3.63, 3.8) is 0 Å². The van der Waals surface area contributed by atoms with E-state index in [1.807, 2.05) is 0 Å². The third-order valence-corrected chi connectivity index (χ3v) is 2.01. The molecule has 0 aliphatic carbocycles. The summed E-state index contributed by atoms with van der Waals surface area (Å²) >= 11 is 5.80. The number of amides is 1. The van der Waals surface area contributed by atoms with Gasteiger partial charge in [0.15, 0.2) is 5.84 Å². The van der Waals surface area contributed by atoms with Crippen LogP contribution in [0, 0.1) is 0 Å². The summed E-state index contributed by atoms with van der Waals surface area (Å²) in [4.78, 5) is 11.5. The van der Waals surface area contributed by atoms with Gasteiger partial charge < -0.3 is 16.3 Å². The number of benzene rings is 1. The molecule has 0 heterocycles. The monoisotopic (exact) mass is 227 g/mol. The van der Waals surface area contributed by atoms with Gasteiger partial charge in [0, 0.05) is 0 Å². The zero-order valence-electron chi connectivity index (χ0n) is 7.77. The molecule has 0 unspecified atom stereocenters. The first-order chi connectivity index (χ1) is 7.15. The van der Waals surface area contributed by atoms with Gasteiger partial charge >= 0.3 is 0 Å². The minimum absolute atomic E-state index is 0.0272. The first kappa shape index (κ1) is 11.3. The smallest absolute Gasteiger partial charge is 0.253 e. The fourth-order valence-electron chi connectivity index (χ4n) is 0.947. The standard InChI is InChI=1S/C9H10ClN3O2/c10-7-4-2-1-3-6(7)9(14)12-5-8(11)13-15/h1-4,15H,5H2,(H2,11,13)(H,12,14). The Labute approximate surface area is 91.5 Å². The van der Waals surface area contributed by atoms with E-state index in [9.17, 15) is 4.79 Å². The molecule has 0 aliphatic rings. The van der Waals surface area contributed by atoms with Gasteiger partial charge in [-0.3, -0.25) is 4.79 Å². The van der Waals surface area contributed by atoms with Crippen LogP contribution < -0.4 is 11.1 Å². The van der Waals surface area contributed by atoms with Crippen molar-refractivity contribution in [3.05, 3.63) is 34.9 Å².